The highest BCUT2D eigenvalue weighted by molar-refractivity contribution is 6.01. The molecule has 8 nitrogen and oxygen atoms in total. The molecular formula is C29H26N2O6. The van der Waals surface area contributed by atoms with Crippen molar-refractivity contribution in [1.29, 1.82) is 0 Å². The van der Waals surface area contributed by atoms with Crippen molar-refractivity contribution in [2.24, 2.45) is 0 Å². The second-order valence-corrected chi connectivity index (χ2v) is 8.69. The fourth-order valence-electron chi connectivity index (χ4n) is 4.50. The Hall–Kier alpha value is -4.72. The van der Waals surface area contributed by atoms with Crippen molar-refractivity contribution in [1.82, 2.24) is 4.98 Å². The maximum Gasteiger partial charge on any atom is 0.335 e. The Morgan fingerprint density at radius 2 is 1.57 bits per heavy atom. The number of carboxylic acids is 3. The first kappa shape index (κ1) is 25.4. The number of fused-ring (bicyclic) bond motifs is 3. The zero-order chi connectivity index (χ0) is 26.7. The molecular weight excluding hydrogens is 472 g/mol. The first-order valence-corrected chi connectivity index (χ1v) is 11.8. The predicted molar refractivity (Wildman–Crippen MR) is 140 cm³/mol. The Morgan fingerprint density at radius 3 is 2.24 bits per heavy atom. The van der Waals surface area contributed by atoms with E-state index in [-0.39, 0.29) is 11.1 Å². The standard InChI is InChI=1S/C20H18N2O2.C9H8O4/c1-2-13-5-3-4-6-18(13)22-10-9-15-12-21-17-8-7-14(20(23)24)11-16(17)19(15)22;1-5-2-3-6(8(10)11)4-7(5)9(12)13/h3-8,11-12H,2,9-10H2,1H3,(H,23,24);2-4H,1H3,(H,10,11)(H,12,13). The van der Waals surface area contributed by atoms with Crippen molar-refractivity contribution < 1.29 is 29.7 Å². The molecule has 188 valence electrons. The van der Waals surface area contributed by atoms with Crippen LogP contribution in [0.15, 0.2) is 66.9 Å². The van der Waals surface area contributed by atoms with Crippen LogP contribution in [-0.2, 0) is 12.8 Å². The molecule has 4 aromatic rings. The fourth-order valence-corrected chi connectivity index (χ4v) is 4.50. The van der Waals surface area contributed by atoms with Gasteiger partial charge in [-0.05, 0) is 72.9 Å². The lowest BCUT2D eigenvalue weighted by molar-refractivity contribution is 0.0682. The molecule has 1 aromatic heterocycles. The van der Waals surface area contributed by atoms with Gasteiger partial charge in [0.05, 0.1) is 27.9 Å². The summed E-state index contributed by atoms with van der Waals surface area (Å²) < 4.78 is 0. The fraction of sp³-hybridized carbons (Fsp3) is 0.172. The molecule has 3 N–H and O–H groups in total. The van der Waals surface area contributed by atoms with Gasteiger partial charge < -0.3 is 20.2 Å². The lowest BCUT2D eigenvalue weighted by Gasteiger charge is -2.23. The van der Waals surface area contributed by atoms with E-state index in [1.54, 1.807) is 25.1 Å². The van der Waals surface area contributed by atoms with E-state index in [1.807, 2.05) is 6.20 Å². The summed E-state index contributed by atoms with van der Waals surface area (Å²) in [7, 11) is 0. The summed E-state index contributed by atoms with van der Waals surface area (Å²) in [5.41, 5.74) is 6.48. The third-order valence-corrected chi connectivity index (χ3v) is 6.42. The van der Waals surface area contributed by atoms with Gasteiger partial charge in [-0.15, -0.1) is 0 Å². The number of pyridine rings is 1. The number of anilines is 2. The van der Waals surface area contributed by atoms with E-state index in [1.165, 1.54) is 28.9 Å². The number of aromatic carboxylic acids is 3. The number of rotatable bonds is 5. The number of para-hydroxylation sites is 1. The summed E-state index contributed by atoms with van der Waals surface area (Å²) in [6.07, 6.45) is 3.81. The van der Waals surface area contributed by atoms with Gasteiger partial charge in [-0.1, -0.05) is 31.2 Å². The number of benzene rings is 3. The van der Waals surface area contributed by atoms with Crippen molar-refractivity contribution in [3.63, 3.8) is 0 Å². The maximum atomic E-state index is 11.4. The number of carboxylic acid groups (broad SMARTS) is 3. The van der Waals surface area contributed by atoms with Crippen LogP contribution in [0.2, 0.25) is 0 Å². The summed E-state index contributed by atoms with van der Waals surface area (Å²) in [6, 6.07) is 17.6. The van der Waals surface area contributed by atoms with Crippen molar-refractivity contribution in [3.8, 4) is 0 Å². The molecule has 8 heteroatoms. The summed E-state index contributed by atoms with van der Waals surface area (Å²) in [6.45, 7) is 4.67. The van der Waals surface area contributed by atoms with Crippen molar-refractivity contribution in [3.05, 3.63) is 100 Å². The minimum Gasteiger partial charge on any atom is -0.478 e. The minimum absolute atomic E-state index is 0.0111. The molecule has 0 aliphatic carbocycles. The maximum absolute atomic E-state index is 11.4. The van der Waals surface area contributed by atoms with Crippen LogP contribution in [0.1, 0.15) is 54.7 Å². The number of nitrogens with zero attached hydrogens (tertiary/aromatic N) is 2. The molecule has 0 amide bonds. The molecule has 1 aliphatic rings. The molecule has 37 heavy (non-hydrogen) atoms. The van der Waals surface area contributed by atoms with Gasteiger partial charge in [0, 0.05) is 23.8 Å². The van der Waals surface area contributed by atoms with Gasteiger partial charge in [0.25, 0.3) is 0 Å². The molecule has 1 aliphatic heterocycles. The summed E-state index contributed by atoms with van der Waals surface area (Å²) in [5, 5.41) is 27.5. The van der Waals surface area contributed by atoms with Gasteiger partial charge in [0.2, 0.25) is 0 Å². The monoisotopic (exact) mass is 498 g/mol. The average Bonchev–Trinajstić information content (AvgIpc) is 3.33. The Kier molecular flexibility index (Phi) is 7.20. The third-order valence-electron chi connectivity index (χ3n) is 6.42. The van der Waals surface area contributed by atoms with Gasteiger partial charge in [-0.3, -0.25) is 4.98 Å². The molecule has 0 radical (unpaired) electrons. The van der Waals surface area contributed by atoms with E-state index in [9.17, 15) is 19.5 Å². The topological polar surface area (TPSA) is 128 Å². The molecule has 0 saturated heterocycles. The highest BCUT2D eigenvalue weighted by atomic mass is 16.4. The number of aryl methyl sites for hydroxylation is 2. The van der Waals surface area contributed by atoms with Crippen LogP contribution in [0.3, 0.4) is 0 Å². The lowest BCUT2D eigenvalue weighted by Crippen LogP contribution is -2.15. The van der Waals surface area contributed by atoms with E-state index >= 15 is 0 Å². The molecule has 5 rings (SSSR count). The molecule has 0 fully saturated rings. The second-order valence-electron chi connectivity index (χ2n) is 8.69. The Labute approximate surface area is 213 Å². The summed E-state index contributed by atoms with van der Waals surface area (Å²) >= 11 is 0. The van der Waals surface area contributed by atoms with Crippen LogP contribution >= 0.6 is 0 Å². The highest BCUT2D eigenvalue weighted by Gasteiger charge is 2.25. The van der Waals surface area contributed by atoms with Crippen molar-refractivity contribution in [2.75, 3.05) is 11.4 Å². The van der Waals surface area contributed by atoms with Crippen LogP contribution in [0, 0.1) is 6.92 Å². The van der Waals surface area contributed by atoms with E-state index in [2.05, 4.69) is 41.1 Å². The van der Waals surface area contributed by atoms with Gasteiger partial charge in [-0.2, -0.15) is 0 Å². The number of carbonyl (C=O) groups is 3. The minimum atomic E-state index is -1.12. The van der Waals surface area contributed by atoms with Gasteiger partial charge in [0.1, 0.15) is 0 Å². The number of aromatic nitrogens is 1. The van der Waals surface area contributed by atoms with Crippen molar-refractivity contribution in [2.45, 2.75) is 26.7 Å². The molecule has 3 aromatic carbocycles. The van der Waals surface area contributed by atoms with E-state index in [0.29, 0.717) is 11.1 Å². The van der Waals surface area contributed by atoms with Crippen LogP contribution in [-0.4, -0.2) is 44.8 Å². The molecule has 0 spiro atoms. The zero-order valence-corrected chi connectivity index (χ0v) is 20.4. The number of hydrogen-bond acceptors (Lipinski definition) is 5. The van der Waals surface area contributed by atoms with Gasteiger partial charge >= 0.3 is 17.9 Å². The number of hydrogen-bond donors (Lipinski definition) is 3. The smallest absolute Gasteiger partial charge is 0.335 e. The van der Waals surface area contributed by atoms with Crippen LogP contribution in [0.4, 0.5) is 11.4 Å². The van der Waals surface area contributed by atoms with Crippen molar-refractivity contribution >= 4 is 40.2 Å². The first-order chi connectivity index (χ1) is 17.7. The quantitative estimate of drug-likeness (QED) is 0.325. The highest BCUT2D eigenvalue weighted by Crippen LogP contribution is 2.40. The Bertz CT molecular complexity index is 1530. The molecule has 0 atom stereocenters. The summed E-state index contributed by atoms with van der Waals surface area (Å²) in [5.74, 6) is -3.14. The van der Waals surface area contributed by atoms with Crippen LogP contribution in [0.25, 0.3) is 10.9 Å². The molecule has 0 saturated carbocycles. The zero-order valence-electron chi connectivity index (χ0n) is 20.4. The predicted octanol–water partition coefficient (Wildman–Crippen LogP) is 5.58. The Balaban J connectivity index is 0.000000209. The van der Waals surface area contributed by atoms with Gasteiger partial charge in [0.15, 0.2) is 0 Å². The van der Waals surface area contributed by atoms with Crippen LogP contribution in [0.5, 0.6) is 0 Å². The van der Waals surface area contributed by atoms with E-state index < -0.39 is 17.9 Å². The normalized spacial score (nSPS) is 12.0. The molecule has 0 bridgehead atoms. The Morgan fingerprint density at radius 1 is 0.892 bits per heavy atom. The van der Waals surface area contributed by atoms with Crippen LogP contribution < -0.4 is 4.90 Å². The summed E-state index contributed by atoms with van der Waals surface area (Å²) in [4.78, 5) is 39.3. The molecule has 2 heterocycles. The third kappa shape index (κ3) is 5.13. The first-order valence-electron chi connectivity index (χ1n) is 11.8. The van der Waals surface area contributed by atoms with E-state index in [4.69, 9.17) is 10.2 Å². The average molecular weight is 499 g/mol. The van der Waals surface area contributed by atoms with E-state index in [0.717, 1.165) is 42.0 Å². The largest absolute Gasteiger partial charge is 0.478 e. The van der Waals surface area contributed by atoms with Gasteiger partial charge in [-0.25, -0.2) is 14.4 Å². The lowest BCUT2D eigenvalue weighted by atomic mass is 10.1. The molecule has 0 unspecified atom stereocenters. The SMILES string of the molecule is CCc1ccccc1N1CCc2cnc3ccc(C(=O)O)cc3c21.Cc1ccc(C(=O)O)cc1C(=O)O. The second kappa shape index (κ2) is 10.5.